The second kappa shape index (κ2) is 6.80. The van der Waals surface area contributed by atoms with Gasteiger partial charge in [-0.05, 0) is 38.8 Å². The minimum absolute atomic E-state index is 0.0568. The van der Waals surface area contributed by atoms with E-state index in [9.17, 15) is 4.79 Å². The zero-order valence-electron chi connectivity index (χ0n) is 12.8. The number of rotatable bonds is 5. The molecule has 1 heterocycles. The van der Waals surface area contributed by atoms with Gasteiger partial charge in [0.05, 0.1) is 5.25 Å². The highest BCUT2D eigenvalue weighted by molar-refractivity contribution is 7.99. The molecule has 0 saturated carbocycles. The molecule has 2 rings (SSSR count). The van der Waals surface area contributed by atoms with Crippen molar-refractivity contribution in [1.82, 2.24) is 5.16 Å². The Kier molecular flexibility index (Phi) is 5.07. The van der Waals surface area contributed by atoms with Crippen molar-refractivity contribution in [2.75, 3.05) is 5.32 Å². The number of amides is 1. The van der Waals surface area contributed by atoms with E-state index in [0.717, 1.165) is 5.75 Å². The summed E-state index contributed by atoms with van der Waals surface area (Å²) in [6, 6.07) is 8.11. The standard InChI is InChI=1S/C16H20N2O2S/c1-10-5-6-11(2)14(7-10)9-21-13(4)16(19)17-15-8-12(3)20-18-15/h5-8,13H,9H2,1-4H3,(H,17,18,19). The number of aromatic nitrogens is 1. The lowest BCUT2D eigenvalue weighted by molar-refractivity contribution is -0.115. The third-order valence-corrected chi connectivity index (χ3v) is 4.43. The quantitative estimate of drug-likeness (QED) is 0.911. The number of nitrogens with zero attached hydrogens (tertiary/aromatic N) is 1. The van der Waals surface area contributed by atoms with Gasteiger partial charge in [-0.1, -0.05) is 28.9 Å². The van der Waals surface area contributed by atoms with Crippen LogP contribution < -0.4 is 5.32 Å². The topological polar surface area (TPSA) is 55.1 Å². The number of carbonyl (C=O) groups excluding carboxylic acids is 1. The average Bonchev–Trinajstić information content (AvgIpc) is 2.84. The number of thioether (sulfide) groups is 1. The zero-order chi connectivity index (χ0) is 15.4. The maximum Gasteiger partial charge on any atom is 0.238 e. The summed E-state index contributed by atoms with van der Waals surface area (Å²) in [5, 5.41) is 6.38. The Morgan fingerprint density at radius 2 is 2.10 bits per heavy atom. The number of aryl methyl sites for hydroxylation is 3. The third kappa shape index (κ3) is 4.36. The molecule has 0 bridgehead atoms. The van der Waals surface area contributed by atoms with Crippen molar-refractivity contribution in [1.29, 1.82) is 0 Å². The molecule has 1 aromatic heterocycles. The lowest BCUT2D eigenvalue weighted by Crippen LogP contribution is -2.22. The summed E-state index contributed by atoms with van der Waals surface area (Å²) >= 11 is 1.62. The Morgan fingerprint density at radius 1 is 1.33 bits per heavy atom. The summed E-state index contributed by atoms with van der Waals surface area (Å²) < 4.78 is 4.93. The number of anilines is 1. The van der Waals surface area contributed by atoms with Gasteiger partial charge >= 0.3 is 0 Å². The maximum atomic E-state index is 12.1. The van der Waals surface area contributed by atoms with Gasteiger partial charge in [0.25, 0.3) is 0 Å². The van der Waals surface area contributed by atoms with Gasteiger partial charge in [-0.3, -0.25) is 4.79 Å². The van der Waals surface area contributed by atoms with E-state index in [1.54, 1.807) is 24.8 Å². The van der Waals surface area contributed by atoms with Crippen molar-refractivity contribution in [3.8, 4) is 0 Å². The summed E-state index contributed by atoms with van der Waals surface area (Å²) in [7, 11) is 0. The molecule has 0 aliphatic rings. The van der Waals surface area contributed by atoms with Crippen LogP contribution >= 0.6 is 11.8 Å². The second-order valence-electron chi connectivity index (χ2n) is 5.20. The first kappa shape index (κ1) is 15.6. The molecule has 2 aromatic rings. The van der Waals surface area contributed by atoms with E-state index < -0.39 is 0 Å². The van der Waals surface area contributed by atoms with E-state index in [1.807, 2.05) is 6.92 Å². The van der Waals surface area contributed by atoms with Gasteiger partial charge in [-0.25, -0.2) is 0 Å². The molecule has 112 valence electrons. The Bertz CT molecular complexity index is 637. The predicted molar refractivity (Wildman–Crippen MR) is 86.5 cm³/mol. The van der Waals surface area contributed by atoms with Crippen molar-refractivity contribution in [2.45, 2.75) is 38.7 Å². The molecule has 0 spiro atoms. The van der Waals surface area contributed by atoms with E-state index in [2.05, 4.69) is 42.5 Å². The number of hydrogen-bond donors (Lipinski definition) is 1. The van der Waals surface area contributed by atoms with Crippen LogP contribution in [0.25, 0.3) is 0 Å². The van der Waals surface area contributed by atoms with Crippen LogP contribution in [-0.4, -0.2) is 16.3 Å². The number of carbonyl (C=O) groups is 1. The SMILES string of the molecule is Cc1ccc(C)c(CSC(C)C(=O)Nc2cc(C)on2)c1. The van der Waals surface area contributed by atoms with Crippen molar-refractivity contribution in [2.24, 2.45) is 0 Å². The average molecular weight is 304 g/mol. The lowest BCUT2D eigenvalue weighted by atomic mass is 10.1. The molecule has 5 heteroatoms. The van der Waals surface area contributed by atoms with E-state index in [1.165, 1.54) is 16.7 Å². The minimum Gasteiger partial charge on any atom is -0.360 e. The first-order valence-corrected chi connectivity index (χ1v) is 7.92. The molecule has 0 saturated heterocycles. The molecule has 1 N–H and O–H groups in total. The minimum atomic E-state index is -0.151. The van der Waals surface area contributed by atoms with Gasteiger partial charge in [0.2, 0.25) is 5.91 Å². The van der Waals surface area contributed by atoms with Crippen molar-refractivity contribution >= 4 is 23.5 Å². The van der Waals surface area contributed by atoms with Crippen LogP contribution in [0, 0.1) is 20.8 Å². The predicted octanol–water partition coefficient (Wildman–Crippen LogP) is 3.86. The van der Waals surface area contributed by atoms with E-state index >= 15 is 0 Å². The number of hydrogen-bond acceptors (Lipinski definition) is 4. The molecule has 4 nitrogen and oxygen atoms in total. The molecule has 21 heavy (non-hydrogen) atoms. The second-order valence-corrected chi connectivity index (χ2v) is 6.52. The number of benzene rings is 1. The smallest absolute Gasteiger partial charge is 0.238 e. The van der Waals surface area contributed by atoms with Crippen LogP contribution in [0.15, 0.2) is 28.8 Å². The van der Waals surface area contributed by atoms with E-state index in [4.69, 9.17) is 4.52 Å². The van der Waals surface area contributed by atoms with Gasteiger partial charge < -0.3 is 9.84 Å². The molecule has 1 unspecified atom stereocenters. The van der Waals surface area contributed by atoms with E-state index in [0.29, 0.717) is 11.6 Å². The number of nitrogens with one attached hydrogen (secondary N) is 1. The largest absolute Gasteiger partial charge is 0.360 e. The zero-order valence-corrected chi connectivity index (χ0v) is 13.6. The van der Waals surface area contributed by atoms with Gasteiger partial charge in [0, 0.05) is 11.8 Å². The highest BCUT2D eigenvalue weighted by Gasteiger charge is 2.15. The van der Waals surface area contributed by atoms with Crippen LogP contribution in [-0.2, 0) is 10.5 Å². The van der Waals surface area contributed by atoms with Crippen LogP contribution in [0.1, 0.15) is 29.4 Å². The van der Waals surface area contributed by atoms with Gasteiger partial charge in [-0.15, -0.1) is 11.8 Å². The Balaban J connectivity index is 1.90. The molecular weight excluding hydrogens is 284 g/mol. The van der Waals surface area contributed by atoms with Crippen molar-refractivity contribution in [3.05, 3.63) is 46.7 Å². The van der Waals surface area contributed by atoms with Crippen LogP contribution in [0.3, 0.4) is 0 Å². The van der Waals surface area contributed by atoms with Gasteiger partial charge in [0.1, 0.15) is 5.76 Å². The van der Waals surface area contributed by atoms with Gasteiger partial charge in [0.15, 0.2) is 5.82 Å². The molecule has 1 atom stereocenters. The maximum absolute atomic E-state index is 12.1. The van der Waals surface area contributed by atoms with Crippen LogP contribution in [0.4, 0.5) is 5.82 Å². The Hall–Kier alpha value is -1.75. The van der Waals surface area contributed by atoms with Crippen LogP contribution in [0.2, 0.25) is 0 Å². The molecule has 1 aromatic carbocycles. The normalized spacial score (nSPS) is 12.2. The molecule has 0 aliphatic heterocycles. The summed E-state index contributed by atoms with van der Waals surface area (Å²) in [6.07, 6.45) is 0. The summed E-state index contributed by atoms with van der Waals surface area (Å²) in [5.41, 5.74) is 3.77. The molecular formula is C16H20N2O2S. The highest BCUT2D eigenvalue weighted by Crippen LogP contribution is 2.22. The first-order valence-electron chi connectivity index (χ1n) is 6.87. The van der Waals surface area contributed by atoms with Crippen LogP contribution in [0.5, 0.6) is 0 Å². The highest BCUT2D eigenvalue weighted by atomic mass is 32.2. The summed E-state index contributed by atoms with van der Waals surface area (Å²) in [5.74, 6) is 1.91. The molecule has 1 amide bonds. The molecule has 0 fully saturated rings. The molecule has 0 aliphatic carbocycles. The fraction of sp³-hybridized carbons (Fsp3) is 0.375. The summed E-state index contributed by atoms with van der Waals surface area (Å²) in [4.78, 5) is 12.1. The fourth-order valence-electron chi connectivity index (χ4n) is 1.90. The van der Waals surface area contributed by atoms with E-state index in [-0.39, 0.29) is 11.2 Å². The lowest BCUT2D eigenvalue weighted by Gasteiger charge is -2.12. The fourth-order valence-corrected chi connectivity index (χ4v) is 2.85. The van der Waals surface area contributed by atoms with Gasteiger partial charge in [-0.2, -0.15) is 0 Å². The Labute approximate surface area is 129 Å². The van der Waals surface area contributed by atoms with Crippen molar-refractivity contribution in [3.63, 3.8) is 0 Å². The summed E-state index contributed by atoms with van der Waals surface area (Å²) in [6.45, 7) is 7.87. The third-order valence-electron chi connectivity index (χ3n) is 3.24. The monoisotopic (exact) mass is 304 g/mol. The Morgan fingerprint density at radius 3 is 2.76 bits per heavy atom. The first-order chi connectivity index (χ1) is 9.95. The van der Waals surface area contributed by atoms with Crippen molar-refractivity contribution < 1.29 is 9.32 Å². The molecule has 0 radical (unpaired) electrons.